The van der Waals surface area contributed by atoms with Crippen LogP contribution in [0.2, 0.25) is 0 Å². The molecule has 170 valence electrons. The summed E-state index contributed by atoms with van der Waals surface area (Å²) < 4.78 is 0. The van der Waals surface area contributed by atoms with Crippen LogP contribution in [-0.4, -0.2) is 17.0 Å². The molecule has 0 aromatic carbocycles. The van der Waals surface area contributed by atoms with Crippen LogP contribution >= 0.6 is 0 Å². The van der Waals surface area contributed by atoms with Crippen molar-refractivity contribution in [3.05, 3.63) is 12.2 Å². The average molecular weight is 415 g/mol. The van der Waals surface area contributed by atoms with Crippen LogP contribution in [0.4, 0.5) is 0 Å². The van der Waals surface area contributed by atoms with Crippen LogP contribution in [0.1, 0.15) is 92.9 Å². The molecule has 0 saturated heterocycles. The molecule has 4 rings (SSSR count). The van der Waals surface area contributed by atoms with Gasteiger partial charge in [-0.05, 0) is 97.2 Å². The van der Waals surface area contributed by atoms with Gasteiger partial charge in [-0.25, -0.2) is 0 Å². The summed E-state index contributed by atoms with van der Waals surface area (Å²) >= 11 is 0. The zero-order valence-electron chi connectivity index (χ0n) is 20.4. The van der Waals surface area contributed by atoms with Crippen molar-refractivity contribution in [2.45, 2.75) is 99.0 Å². The molecule has 4 aliphatic rings. The molecule has 0 amide bonds. The number of ketones is 1. The van der Waals surface area contributed by atoms with E-state index in [-0.39, 0.29) is 17.4 Å². The molecule has 0 heterocycles. The summed E-state index contributed by atoms with van der Waals surface area (Å²) in [5.41, 5.74) is 0.528. The SMILES string of the molecule is CC(C)C(C)/C=C\C(C)[C@H]1CC[C@H]2[C@@H]3CC(=O)[C@H]4C[C@H](O)CC[C@]4(C)[C@H]3CC[C@]12C. The lowest BCUT2D eigenvalue weighted by Gasteiger charge is -2.60. The quantitative estimate of drug-likeness (QED) is 0.522. The number of rotatable bonds is 4. The van der Waals surface area contributed by atoms with E-state index in [9.17, 15) is 9.90 Å². The molecule has 2 nitrogen and oxygen atoms in total. The van der Waals surface area contributed by atoms with E-state index >= 15 is 0 Å². The fraction of sp³-hybridized carbons (Fsp3) is 0.893. The van der Waals surface area contributed by atoms with Crippen molar-refractivity contribution < 1.29 is 9.90 Å². The van der Waals surface area contributed by atoms with E-state index in [1.807, 2.05) is 0 Å². The van der Waals surface area contributed by atoms with Crippen LogP contribution in [0, 0.1) is 58.2 Å². The zero-order chi connectivity index (χ0) is 21.8. The molecule has 0 spiro atoms. The Morgan fingerprint density at radius 1 is 0.933 bits per heavy atom. The van der Waals surface area contributed by atoms with Crippen LogP contribution in [0.15, 0.2) is 12.2 Å². The highest BCUT2D eigenvalue weighted by Crippen LogP contribution is 2.67. The minimum atomic E-state index is -0.255. The molecule has 1 N–H and O–H groups in total. The second-order valence-corrected chi connectivity index (χ2v) is 12.6. The van der Waals surface area contributed by atoms with Gasteiger partial charge < -0.3 is 5.11 Å². The summed E-state index contributed by atoms with van der Waals surface area (Å²) in [5.74, 6) is 5.31. The van der Waals surface area contributed by atoms with E-state index in [0.717, 1.165) is 31.6 Å². The fourth-order valence-electron chi connectivity index (χ4n) is 8.63. The van der Waals surface area contributed by atoms with Crippen molar-refractivity contribution in [1.29, 1.82) is 0 Å². The van der Waals surface area contributed by atoms with Gasteiger partial charge in [0.05, 0.1) is 6.10 Å². The number of carbonyl (C=O) groups excluding carboxylic acids is 1. The lowest BCUT2D eigenvalue weighted by Crippen LogP contribution is -2.57. The van der Waals surface area contributed by atoms with Crippen molar-refractivity contribution in [3.63, 3.8) is 0 Å². The number of aliphatic hydroxyl groups is 1. The van der Waals surface area contributed by atoms with E-state index in [1.54, 1.807) is 0 Å². The minimum absolute atomic E-state index is 0.114. The Morgan fingerprint density at radius 3 is 2.30 bits per heavy atom. The minimum Gasteiger partial charge on any atom is -0.393 e. The van der Waals surface area contributed by atoms with Gasteiger partial charge in [0, 0.05) is 12.3 Å². The Hall–Kier alpha value is -0.630. The van der Waals surface area contributed by atoms with E-state index in [0.29, 0.717) is 46.7 Å². The summed E-state index contributed by atoms with van der Waals surface area (Å²) in [6, 6.07) is 0. The van der Waals surface area contributed by atoms with Gasteiger partial charge in [-0.1, -0.05) is 53.7 Å². The van der Waals surface area contributed by atoms with Crippen molar-refractivity contribution in [1.82, 2.24) is 0 Å². The topological polar surface area (TPSA) is 37.3 Å². The van der Waals surface area contributed by atoms with Crippen molar-refractivity contribution in [2.75, 3.05) is 0 Å². The summed E-state index contributed by atoms with van der Waals surface area (Å²) in [6.07, 6.45) is 13.4. The van der Waals surface area contributed by atoms with Gasteiger partial charge in [0.15, 0.2) is 0 Å². The Kier molecular flexibility index (Phi) is 6.06. The van der Waals surface area contributed by atoms with Crippen LogP contribution in [0.3, 0.4) is 0 Å². The maximum atomic E-state index is 13.3. The van der Waals surface area contributed by atoms with E-state index < -0.39 is 0 Å². The lowest BCUT2D eigenvalue weighted by atomic mass is 9.44. The van der Waals surface area contributed by atoms with Gasteiger partial charge >= 0.3 is 0 Å². The van der Waals surface area contributed by atoms with Gasteiger partial charge in [0.25, 0.3) is 0 Å². The smallest absolute Gasteiger partial charge is 0.136 e. The van der Waals surface area contributed by atoms with Gasteiger partial charge in [0.1, 0.15) is 5.78 Å². The second kappa shape index (κ2) is 8.05. The van der Waals surface area contributed by atoms with E-state index in [4.69, 9.17) is 0 Å². The number of fused-ring (bicyclic) bond motifs is 5. The normalized spacial score (nSPS) is 48.3. The zero-order valence-corrected chi connectivity index (χ0v) is 20.4. The lowest BCUT2D eigenvalue weighted by molar-refractivity contribution is -0.159. The largest absolute Gasteiger partial charge is 0.393 e. The summed E-state index contributed by atoms with van der Waals surface area (Å²) in [5, 5.41) is 10.2. The average Bonchev–Trinajstić information content (AvgIpc) is 3.04. The molecule has 0 aliphatic heterocycles. The molecule has 2 unspecified atom stereocenters. The summed E-state index contributed by atoms with van der Waals surface area (Å²) in [7, 11) is 0. The van der Waals surface area contributed by atoms with Crippen molar-refractivity contribution in [3.8, 4) is 0 Å². The van der Waals surface area contributed by atoms with Crippen LogP contribution in [-0.2, 0) is 4.79 Å². The van der Waals surface area contributed by atoms with E-state index in [2.05, 4.69) is 53.7 Å². The Labute approximate surface area is 185 Å². The van der Waals surface area contributed by atoms with Gasteiger partial charge in [-0.2, -0.15) is 0 Å². The number of aliphatic hydroxyl groups excluding tert-OH is 1. The third-order valence-electron chi connectivity index (χ3n) is 10.9. The van der Waals surface area contributed by atoms with Crippen molar-refractivity contribution >= 4 is 5.78 Å². The molecule has 0 aromatic heterocycles. The molecular formula is C28H46O2. The highest BCUT2D eigenvalue weighted by Gasteiger charge is 2.62. The molecule has 0 radical (unpaired) electrons. The Morgan fingerprint density at radius 2 is 1.60 bits per heavy atom. The first-order valence-electron chi connectivity index (χ1n) is 13.0. The number of Topliss-reactive ketones (excluding diaryl/α,β-unsaturated/α-hetero) is 1. The molecule has 2 heteroatoms. The fourth-order valence-corrected chi connectivity index (χ4v) is 8.63. The Bertz CT molecular complexity index is 680. The Balaban J connectivity index is 1.54. The third-order valence-corrected chi connectivity index (χ3v) is 10.9. The standard InChI is InChI=1S/C28H46O2/c1-17(2)18(3)7-8-19(4)22-9-10-23-21-16-26(30)25-15-20(29)11-13-28(25,6)24(21)12-14-27(22,23)5/h7-8,17-25,29H,9-16H2,1-6H3/b8-7-/t18?,19?,20-,21+,22-,23+,24+,25-,27-,28-/m1/s1. The van der Waals surface area contributed by atoms with Gasteiger partial charge in [-0.15, -0.1) is 0 Å². The van der Waals surface area contributed by atoms with Crippen LogP contribution in [0.5, 0.6) is 0 Å². The monoisotopic (exact) mass is 414 g/mol. The third kappa shape index (κ3) is 3.54. The predicted octanol–water partition coefficient (Wildman–Crippen LogP) is 6.67. The number of allylic oxidation sites excluding steroid dienone is 2. The van der Waals surface area contributed by atoms with Gasteiger partial charge in [-0.3, -0.25) is 4.79 Å². The maximum Gasteiger partial charge on any atom is 0.136 e. The summed E-state index contributed by atoms with van der Waals surface area (Å²) in [4.78, 5) is 13.3. The number of hydrogen-bond acceptors (Lipinski definition) is 2. The molecule has 10 atom stereocenters. The molecule has 0 aromatic rings. The second-order valence-electron chi connectivity index (χ2n) is 12.6. The summed E-state index contributed by atoms with van der Waals surface area (Å²) in [6.45, 7) is 14.4. The molecule has 4 fully saturated rings. The molecule has 4 saturated carbocycles. The highest BCUT2D eigenvalue weighted by molar-refractivity contribution is 5.83. The highest BCUT2D eigenvalue weighted by atomic mass is 16.3. The maximum absolute atomic E-state index is 13.3. The molecule has 4 aliphatic carbocycles. The first-order valence-corrected chi connectivity index (χ1v) is 13.0. The van der Waals surface area contributed by atoms with Gasteiger partial charge in [0.2, 0.25) is 0 Å². The number of carbonyl (C=O) groups is 1. The molecular weight excluding hydrogens is 368 g/mol. The van der Waals surface area contributed by atoms with Crippen LogP contribution < -0.4 is 0 Å². The molecule has 0 bridgehead atoms. The number of hydrogen-bond donors (Lipinski definition) is 1. The predicted molar refractivity (Wildman–Crippen MR) is 124 cm³/mol. The van der Waals surface area contributed by atoms with Crippen molar-refractivity contribution in [2.24, 2.45) is 58.2 Å². The van der Waals surface area contributed by atoms with Crippen LogP contribution in [0.25, 0.3) is 0 Å². The first-order chi connectivity index (χ1) is 14.1. The first kappa shape index (κ1) is 22.6. The molecule has 30 heavy (non-hydrogen) atoms. The van der Waals surface area contributed by atoms with E-state index in [1.165, 1.54) is 25.7 Å².